The van der Waals surface area contributed by atoms with E-state index in [-0.39, 0.29) is 0 Å². The Morgan fingerprint density at radius 1 is 0.464 bits per heavy atom. The summed E-state index contributed by atoms with van der Waals surface area (Å²) in [5, 5.41) is 140. The van der Waals surface area contributed by atoms with E-state index in [0.29, 0.717) is 0 Å². The average Bonchev–Trinajstić information content (AvgIpc) is 3.15. The third-order valence-electron chi connectivity index (χ3n) is 10.6. The maximum absolute atomic E-state index is 12.6. The highest BCUT2D eigenvalue weighted by Crippen LogP contribution is 2.36. The van der Waals surface area contributed by atoms with Crippen LogP contribution in [0.25, 0.3) is 0 Å². The normalized spacial score (nSPS) is 53.1. The Hall–Kier alpha value is -1.41. The summed E-state index contributed by atoms with van der Waals surface area (Å²) in [5.74, 6) is -0.757. The van der Waals surface area contributed by atoms with E-state index in [1.807, 2.05) is 0 Å². The summed E-state index contributed by atoms with van der Waals surface area (Å²) in [6.45, 7) is 3.46. The van der Waals surface area contributed by atoms with Crippen molar-refractivity contribution >= 4 is 5.91 Å². The van der Waals surface area contributed by atoms with Gasteiger partial charge in [0.15, 0.2) is 31.5 Å². The minimum absolute atomic E-state index is 0.757. The second kappa shape index (κ2) is 18.9. The molecule has 0 aromatic heterocycles. The predicted molar refractivity (Wildman–Crippen MR) is 174 cm³/mol. The van der Waals surface area contributed by atoms with Crippen molar-refractivity contribution in [2.75, 3.05) is 13.2 Å². The summed E-state index contributed by atoms with van der Waals surface area (Å²) in [7, 11) is 0. The third-order valence-corrected chi connectivity index (χ3v) is 10.6. The number of rotatable bonds is 11. The van der Waals surface area contributed by atoms with Crippen LogP contribution in [-0.2, 0) is 47.4 Å². The second-order valence-electron chi connectivity index (χ2n) is 14.6. The van der Waals surface area contributed by atoms with Gasteiger partial charge in [-0.05, 0) is 20.8 Å². The summed E-state index contributed by atoms with van der Waals surface area (Å²) in [6.07, 6.45) is -40.0. The third kappa shape index (κ3) is 9.31. The van der Waals surface area contributed by atoms with Crippen molar-refractivity contribution in [3.8, 4) is 0 Å². The number of hydrogen-bond donors (Lipinski definition) is 14. The lowest BCUT2D eigenvalue weighted by Crippen LogP contribution is -2.70. The molecule has 0 radical (unpaired) electrons. The SMILES string of the molecule is CC(=O)NC1[C@H](O[C@H]2C(O[C@H]3OC(CO)[C@@H](O)C(O)C3O)[C@@H](O)C(C)O[C@H]2O)OC(CO)[C@H](O)[C@@H]1O[C@@H]1OC(C)[C@H](O)C(O[C@@H]2OC(C)[C@H](O)C(O)[C@@H]2O)[C@@H]1O. The van der Waals surface area contributed by atoms with E-state index in [2.05, 4.69) is 5.32 Å². The molecule has 56 heavy (non-hydrogen) atoms. The van der Waals surface area contributed by atoms with Crippen LogP contribution in [0, 0.1) is 0 Å². The lowest BCUT2D eigenvalue weighted by atomic mass is 9.94. The van der Waals surface area contributed by atoms with Gasteiger partial charge in [-0.15, -0.1) is 0 Å². The van der Waals surface area contributed by atoms with E-state index >= 15 is 0 Å². The zero-order valence-corrected chi connectivity index (χ0v) is 30.7. The van der Waals surface area contributed by atoms with Gasteiger partial charge in [0.25, 0.3) is 0 Å². The van der Waals surface area contributed by atoms with Gasteiger partial charge >= 0.3 is 0 Å². The van der Waals surface area contributed by atoms with Gasteiger partial charge in [-0.3, -0.25) is 4.79 Å². The number of nitrogens with one attached hydrogen (secondary N) is 1. The van der Waals surface area contributed by atoms with Crippen molar-refractivity contribution in [3.63, 3.8) is 0 Å². The van der Waals surface area contributed by atoms with Crippen LogP contribution in [0.15, 0.2) is 0 Å². The molecule has 24 heteroatoms. The van der Waals surface area contributed by atoms with Crippen LogP contribution >= 0.6 is 0 Å². The Balaban J connectivity index is 1.40. The molecule has 25 atom stereocenters. The fourth-order valence-electron chi connectivity index (χ4n) is 7.23. The molecule has 24 nitrogen and oxygen atoms in total. The second-order valence-corrected chi connectivity index (χ2v) is 14.6. The molecule has 0 bridgehead atoms. The first kappa shape index (κ1) is 45.7. The number of hydrogen-bond acceptors (Lipinski definition) is 23. The predicted octanol–water partition coefficient (Wildman–Crippen LogP) is -8.70. The van der Waals surface area contributed by atoms with Gasteiger partial charge in [-0.1, -0.05) is 0 Å². The van der Waals surface area contributed by atoms with Gasteiger partial charge in [-0.25, -0.2) is 0 Å². The fraction of sp³-hybridized carbons (Fsp3) is 0.969. The van der Waals surface area contributed by atoms with Crippen LogP contribution in [0.1, 0.15) is 27.7 Å². The Bertz CT molecular complexity index is 1270. The molecule has 5 saturated heterocycles. The molecular formula is C32H55NO23. The van der Waals surface area contributed by atoms with Gasteiger partial charge in [0.2, 0.25) is 5.91 Å². The number of aliphatic hydroxyl groups is 13. The van der Waals surface area contributed by atoms with Crippen molar-refractivity contribution < 1.29 is 114 Å². The van der Waals surface area contributed by atoms with Gasteiger partial charge in [0.05, 0.1) is 31.5 Å². The molecule has 5 aliphatic rings. The van der Waals surface area contributed by atoms with Gasteiger partial charge in [-0.2, -0.15) is 0 Å². The van der Waals surface area contributed by atoms with Crippen LogP contribution in [-0.4, -0.2) is 239 Å². The van der Waals surface area contributed by atoms with Gasteiger partial charge in [0, 0.05) is 6.92 Å². The highest BCUT2D eigenvalue weighted by atomic mass is 16.8. The molecule has 5 rings (SSSR count). The molecule has 1 amide bonds. The van der Waals surface area contributed by atoms with Crippen LogP contribution in [0.3, 0.4) is 0 Å². The molecule has 0 saturated carbocycles. The van der Waals surface area contributed by atoms with Crippen LogP contribution in [0.2, 0.25) is 0 Å². The molecule has 5 fully saturated rings. The van der Waals surface area contributed by atoms with E-state index in [1.54, 1.807) is 0 Å². The van der Waals surface area contributed by atoms with Crippen molar-refractivity contribution in [3.05, 3.63) is 0 Å². The number of aliphatic hydroxyl groups excluding tert-OH is 13. The zero-order valence-electron chi connectivity index (χ0n) is 30.7. The summed E-state index contributed by atoms with van der Waals surface area (Å²) in [4.78, 5) is 12.6. The number of carbonyl (C=O) groups excluding carboxylic acids is 1. The topological polar surface area (TPSA) is 375 Å². The number of amides is 1. The Morgan fingerprint density at radius 2 is 0.893 bits per heavy atom. The van der Waals surface area contributed by atoms with Gasteiger partial charge < -0.3 is 114 Å². The Morgan fingerprint density at radius 3 is 1.48 bits per heavy atom. The van der Waals surface area contributed by atoms with Crippen molar-refractivity contribution in [2.45, 2.75) is 181 Å². The first-order chi connectivity index (χ1) is 26.3. The minimum atomic E-state index is -1.95. The maximum atomic E-state index is 12.6. The molecule has 0 aromatic rings. The molecule has 326 valence electrons. The monoisotopic (exact) mass is 821 g/mol. The lowest BCUT2D eigenvalue weighted by Gasteiger charge is -2.50. The molecule has 14 N–H and O–H groups in total. The Kier molecular flexibility index (Phi) is 15.4. The molecule has 0 aliphatic carbocycles. The number of ether oxygens (including phenoxy) is 9. The standard InChI is InChI=1S/C32H55NO23/c1-7-14(37)19(42)21(44)30(49-7)54-25-15(38)9(3)50-32(23(25)46)53-24-13(33-10(4)36)29(51-12(6-35)18(24)41)56-27-26(16(39)8(2)48-28(27)47)55-31-22(45)20(43)17(40)11(5-34)52-31/h7-9,11-32,34-35,37-47H,5-6H2,1-4H3,(H,33,36)/t7?,8?,9?,11?,12?,13?,14-,15-,16-,17+,18-,19?,20?,21-,22?,23-,24+,25?,26?,27-,28+,29-,30-,31+,32-/m0/s1. The van der Waals surface area contributed by atoms with Crippen LogP contribution < -0.4 is 5.32 Å². The van der Waals surface area contributed by atoms with E-state index in [1.165, 1.54) is 20.8 Å². The number of carbonyl (C=O) groups is 1. The zero-order chi connectivity index (χ0) is 41.5. The molecule has 0 aromatic carbocycles. The lowest BCUT2D eigenvalue weighted by molar-refractivity contribution is -0.388. The molecular weight excluding hydrogens is 766 g/mol. The van der Waals surface area contributed by atoms with Crippen LogP contribution in [0.4, 0.5) is 0 Å². The average molecular weight is 822 g/mol. The quantitative estimate of drug-likeness (QED) is 0.0920. The summed E-state index contributed by atoms with van der Waals surface area (Å²) < 4.78 is 51.3. The summed E-state index contributed by atoms with van der Waals surface area (Å²) in [6, 6.07) is -1.61. The van der Waals surface area contributed by atoms with Crippen LogP contribution in [0.5, 0.6) is 0 Å². The van der Waals surface area contributed by atoms with Gasteiger partial charge in [0.1, 0.15) is 104 Å². The summed E-state index contributed by atoms with van der Waals surface area (Å²) >= 11 is 0. The first-order valence-electron chi connectivity index (χ1n) is 18.2. The minimum Gasteiger partial charge on any atom is -0.394 e. The van der Waals surface area contributed by atoms with Crippen molar-refractivity contribution in [1.82, 2.24) is 5.32 Å². The maximum Gasteiger partial charge on any atom is 0.217 e. The first-order valence-corrected chi connectivity index (χ1v) is 18.2. The van der Waals surface area contributed by atoms with Crippen molar-refractivity contribution in [1.29, 1.82) is 0 Å². The van der Waals surface area contributed by atoms with E-state index in [0.717, 1.165) is 6.92 Å². The smallest absolute Gasteiger partial charge is 0.217 e. The van der Waals surface area contributed by atoms with Crippen molar-refractivity contribution in [2.24, 2.45) is 0 Å². The molecule has 5 heterocycles. The Labute approximate surface area is 319 Å². The van der Waals surface area contributed by atoms with E-state index < -0.39 is 173 Å². The molecule has 11 unspecified atom stereocenters. The molecule has 5 aliphatic heterocycles. The van der Waals surface area contributed by atoms with E-state index in [4.69, 9.17) is 42.6 Å². The summed E-state index contributed by atoms with van der Waals surface area (Å²) in [5.41, 5.74) is 0. The highest BCUT2D eigenvalue weighted by Gasteiger charge is 2.56. The highest BCUT2D eigenvalue weighted by molar-refractivity contribution is 5.73. The largest absolute Gasteiger partial charge is 0.394 e. The van der Waals surface area contributed by atoms with E-state index in [9.17, 15) is 71.2 Å². The molecule has 0 spiro atoms. The fourth-order valence-corrected chi connectivity index (χ4v) is 7.23.